The molecule has 0 saturated heterocycles. The van der Waals surface area contributed by atoms with Crippen LogP contribution in [0.4, 0.5) is 0 Å². The summed E-state index contributed by atoms with van der Waals surface area (Å²) in [6.07, 6.45) is 5.06. The third kappa shape index (κ3) is 2.30. The monoisotopic (exact) mass is 252 g/mol. The normalized spacial score (nSPS) is 10.4. The van der Waals surface area contributed by atoms with Gasteiger partial charge in [-0.1, -0.05) is 12.1 Å². The van der Waals surface area contributed by atoms with Crippen LogP contribution < -0.4 is 4.74 Å². The van der Waals surface area contributed by atoms with E-state index in [9.17, 15) is 0 Å². The Morgan fingerprint density at radius 1 is 1.00 bits per heavy atom. The van der Waals surface area contributed by atoms with Crippen LogP contribution in [0.1, 0.15) is 0 Å². The molecule has 0 aliphatic heterocycles. The first kappa shape index (κ1) is 11.4. The van der Waals surface area contributed by atoms with Crippen molar-refractivity contribution in [1.82, 2.24) is 19.7 Å². The maximum atomic E-state index is 5.22. The van der Waals surface area contributed by atoms with Crippen molar-refractivity contribution in [3.05, 3.63) is 55.2 Å². The van der Waals surface area contributed by atoms with Crippen LogP contribution in [0, 0.1) is 0 Å². The minimum absolute atomic E-state index is 0.789. The Labute approximate surface area is 110 Å². The van der Waals surface area contributed by atoms with Crippen molar-refractivity contribution in [1.29, 1.82) is 0 Å². The first-order valence-corrected chi connectivity index (χ1v) is 5.82. The molecule has 2 aromatic heterocycles. The predicted octanol–water partition coefficient (Wildman–Crippen LogP) is 2.34. The van der Waals surface area contributed by atoms with E-state index in [0.717, 1.165) is 22.7 Å². The Bertz CT molecular complexity index is 662. The first-order chi connectivity index (χ1) is 9.36. The Morgan fingerprint density at radius 3 is 2.53 bits per heavy atom. The molecule has 1 aromatic carbocycles. The molecule has 3 rings (SSSR count). The lowest BCUT2D eigenvalue weighted by Crippen LogP contribution is -1.94. The number of hydrogen-bond acceptors (Lipinski definition) is 4. The molecule has 0 radical (unpaired) electrons. The number of hydrogen-bond donors (Lipinski definition) is 0. The van der Waals surface area contributed by atoms with Crippen molar-refractivity contribution in [2.24, 2.45) is 0 Å². The van der Waals surface area contributed by atoms with E-state index in [1.165, 1.54) is 0 Å². The summed E-state index contributed by atoms with van der Waals surface area (Å²) < 4.78 is 6.98. The van der Waals surface area contributed by atoms with Crippen LogP contribution >= 0.6 is 0 Å². The van der Waals surface area contributed by atoms with Gasteiger partial charge in [0.25, 0.3) is 0 Å². The molecule has 0 fully saturated rings. The van der Waals surface area contributed by atoms with Gasteiger partial charge in [-0.3, -0.25) is 4.57 Å². The van der Waals surface area contributed by atoms with Gasteiger partial charge >= 0.3 is 0 Å². The van der Waals surface area contributed by atoms with Gasteiger partial charge in [-0.05, 0) is 29.8 Å². The van der Waals surface area contributed by atoms with Gasteiger partial charge in [0.15, 0.2) is 0 Å². The maximum Gasteiger partial charge on any atom is 0.139 e. The highest BCUT2D eigenvalue weighted by Crippen LogP contribution is 2.23. The van der Waals surface area contributed by atoms with Gasteiger partial charge in [-0.2, -0.15) is 0 Å². The maximum absolute atomic E-state index is 5.22. The molecule has 0 N–H and O–H groups in total. The average Bonchev–Trinajstić information content (AvgIpc) is 3.02. The second-order valence-electron chi connectivity index (χ2n) is 4.01. The van der Waals surface area contributed by atoms with Crippen molar-refractivity contribution in [2.75, 3.05) is 7.11 Å². The molecule has 19 heavy (non-hydrogen) atoms. The fraction of sp³-hybridized carbons (Fsp3) is 0.0714. The van der Waals surface area contributed by atoms with Crippen LogP contribution in [-0.4, -0.2) is 26.9 Å². The molecule has 94 valence electrons. The summed E-state index contributed by atoms with van der Waals surface area (Å²) in [5.74, 6) is 1.62. The Balaban J connectivity index is 1.94. The lowest BCUT2D eigenvalue weighted by molar-refractivity contribution is 0.415. The minimum atomic E-state index is 0.789. The smallest absolute Gasteiger partial charge is 0.139 e. The molecule has 0 amide bonds. The van der Waals surface area contributed by atoms with Gasteiger partial charge < -0.3 is 4.74 Å². The number of rotatable bonds is 3. The third-order valence-electron chi connectivity index (χ3n) is 2.83. The molecule has 0 saturated carbocycles. The number of nitrogens with zero attached hydrogens (tertiary/aromatic N) is 4. The van der Waals surface area contributed by atoms with E-state index < -0.39 is 0 Å². The van der Waals surface area contributed by atoms with Gasteiger partial charge in [0.1, 0.15) is 24.2 Å². The van der Waals surface area contributed by atoms with E-state index in [1.807, 2.05) is 42.6 Å². The van der Waals surface area contributed by atoms with Crippen LogP contribution in [0.2, 0.25) is 0 Å². The fourth-order valence-electron chi connectivity index (χ4n) is 1.83. The largest absolute Gasteiger partial charge is 0.497 e. The van der Waals surface area contributed by atoms with Gasteiger partial charge in [-0.15, -0.1) is 10.2 Å². The van der Waals surface area contributed by atoms with E-state index in [4.69, 9.17) is 4.74 Å². The fourth-order valence-corrected chi connectivity index (χ4v) is 1.83. The quantitative estimate of drug-likeness (QED) is 0.718. The van der Waals surface area contributed by atoms with Gasteiger partial charge in [0, 0.05) is 11.8 Å². The number of pyridine rings is 1. The zero-order chi connectivity index (χ0) is 13.1. The van der Waals surface area contributed by atoms with Gasteiger partial charge in [-0.25, -0.2) is 4.98 Å². The molecule has 3 aromatic rings. The van der Waals surface area contributed by atoms with Crippen molar-refractivity contribution in [3.8, 4) is 22.7 Å². The van der Waals surface area contributed by atoms with E-state index in [-0.39, 0.29) is 0 Å². The van der Waals surface area contributed by atoms with Crippen molar-refractivity contribution < 1.29 is 4.74 Å². The van der Waals surface area contributed by atoms with Crippen LogP contribution in [0.25, 0.3) is 16.9 Å². The number of ether oxygens (including phenoxy) is 1. The summed E-state index contributed by atoms with van der Waals surface area (Å²) in [6, 6.07) is 11.8. The Hall–Kier alpha value is -2.69. The third-order valence-corrected chi connectivity index (χ3v) is 2.83. The van der Waals surface area contributed by atoms with E-state index in [0.29, 0.717) is 0 Å². The lowest BCUT2D eigenvalue weighted by atomic mass is 10.1. The topological polar surface area (TPSA) is 52.8 Å². The summed E-state index contributed by atoms with van der Waals surface area (Å²) in [7, 11) is 1.66. The van der Waals surface area contributed by atoms with Crippen LogP contribution in [0.5, 0.6) is 5.75 Å². The molecule has 0 atom stereocenters. The summed E-state index contributed by atoms with van der Waals surface area (Å²) >= 11 is 0. The molecule has 2 heterocycles. The van der Waals surface area contributed by atoms with E-state index >= 15 is 0 Å². The van der Waals surface area contributed by atoms with Crippen molar-refractivity contribution >= 4 is 0 Å². The number of methoxy groups -OCH3 is 1. The second-order valence-corrected chi connectivity index (χ2v) is 4.01. The zero-order valence-corrected chi connectivity index (χ0v) is 10.4. The highest BCUT2D eigenvalue weighted by Gasteiger charge is 2.02. The Morgan fingerprint density at radius 2 is 1.84 bits per heavy atom. The number of aromatic nitrogens is 4. The molecule has 5 nitrogen and oxygen atoms in total. The molecule has 0 unspecified atom stereocenters. The Kier molecular flexibility index (Phi) is 2.94. The summed E-state index contributed by atoms with van der Waals surface area (Å²) in [4.78, 5) is 4.40. The lowest BCUT2D eigenvalue weighted by Gasteiger charge is -2.05. The highest BCUT2D eigenvalue weighted by atomic mass is 16.5. The predicted molar refractivity (Wildman–Crippen MR) is 71.1 cm³/mol. The molecule has 0 aliphatic carbocycles. The standard InChI is InChI=1S/C14H12N4O/c1-19-13-4-2-3-11(7-13)12-5-6-14(15-8-12)18-9-16-17-10-18/h2-10H,1H3. The molecule has 5 heteroatoms. The van der Waals surface area contributed by atoms with Gasteiger partial charge in [0.2, 0.25) is 0 Å². The summed E-state index contributed by atoms with van der Waals surface area (Å²) in [5.41, 5.74) is 2.11. The number of benzene rings is 1. The summed E-state index contributed by atoms with van der Waals surface area (Å²) in [6.45, 7) is 0. The zero-order valence-electron chi connectivity index (χ0n) is 10.4. The molecular weight excluding hydrogens is 240 g/mol. The molecule has 0 spiro atoms. The molecular formula is C14H12N4O. The van der Waals surface area contributed by atoms with Crippen LogP contribution in [-0.2, 0) is 0 Å². The van der Waals surface area contributed by atoms with Crippen LogP contribution in [0.15, 0.2) is 55.2 Å². The van der Waals surface area contributed by atoms with Gasteiger partial charge in [0.05, 0.1) is 7.11 Å². The average molecular weight is 252 g/mol. The highest BCUT2D eigenvalue weighted by molar-refractivity contribution is 5.64. The van der Waals surface area contributed by atoms with E-state index in [1.54, 1.807) is 24.3 Å². The molecule has 0 bridgehead atoms. The van der Waals surface area contributed by atoms with Crippen molar-refractivity contribution in [2.45, 2.75) is 0 Å². The second kappa shape index (κ2) is 4.89. The summed E-state index contributed by atoms with van der Waals surface area (Å²) in [5, 5.41) is 7.52. The van der Waals surface area contributed by atoms with Crippen LogP contribution in [0.3, 0.4) is 0 Å². The first-order valence-electron chi connectivity index (χ1n) is 5.82. The molecule has 0 aliphatic rings. The van der Waals surface area contributed by atoms with E-state index in [2.05, 4.69) is 15.2 Å². The minimum Gasteiger partial charge on any atom is -0.497 e. The van der Waals surface area contributed by atoms with Crippen molar-refractivity contribution in [3.63, 3.8) is 0 Å². The SMILES string of the molecule is COc1cccc(-c2ccc(-n3cnnc3)nc2)c1.